The van der Waals surface area contributed by atoms with E-state index in [1.165, 1.54) is 11.8 Å². The van der Waals surface area contributed by atoms with E-state index in [-0.39, 0.29) is 18.2 Å². The van der Waals surface area contributed by atoms with Gasteiger partial charge in [0.05, 0.1) is 5.69 Å². The third-order valence-corrected chi connectivity index (χ3v) is 6.09. The zero-order valence-corrected chi connectivity index (χ0v) is 17.7. The summed E-state index contributed by atoms with van der Waals surface area (Å²) in [4.78, 5) is 31.4. The number of hydrogen-bond donors (Lipinski definition) is 1. The number of aryl methyl sites for hydroxylation is 1. The van der Waals surface area contributed by atoms with Gasteiger partial charge in [-0.25, -0.2) is 4.99 Å². The fourth-order valence-corrected chi connectivity index (χ4v) is 4.14. The first-order valence-electron chi connectivity index (χ1n) is 8.75. The molecule has 28 heavy (non-hydrogen) atoms. The van der Waals surface area contributed by atoms with Gasteiger partial charge in [0.1, 0.15) is 5.25 Å². The number of nitrogens with zero attached hydrogens (tertiary/aromatic N) is 2. The molecule has 1 saturated heterocycles. The Kier molecular flexibility index (Phi) is 6.65. The summed E-state index contributed by atoms with van der Waals surface area (Å²) in [5.74, 6) is -0.381. The topological polar surface area (TPSA) is 61.8 Å². The van der Waals surface area contributed by atoms with Gasteiger partial charge in [-0.2, -0.15) is 0 Å². The average Bonchev–Trinajstić information content (AvgIpc) is 2.66. The van der Waals surface area contributed by atoms with Gasteiger partial charge < -0.3 is 5.32 Å². The summed E-state index contributed by atoms with van der Waals surface area (Å²) in [6.07, 6.45) is 0.115. The molecule has 1 atom stereocenters. The lowest BCUT2D eigenvalue weighted by atomic mass is 10.2. The molecule has 2 amide bonds. The van der Waals surface area contributed by atoms with Crippen molar-refractivity contribution in [1.29, 1.82) is 0 Å². The molecule has 3 rings (SSSR count). The SMILES string of the molecule is CCN1C(=O)CC(C(=O)Nc2ccc(C)c(Cl)c2)SC1=Nc1ccc(Cl)cc1. The molecule has 1 N–H and O–H groups in total. The lowest BCUT2D eigenvalue weighted by Gasteiger charge is -2.30. The summed E-state index contributed by atoms with van der Waals surface area (Å²) in [7, 11) is 0. The van der Waals surface area contributed by atoms with E-state index in [2.05, 4.69) is 10.3 Å². The Balaban J connectivity index is 1.80. The number of anilines is 1. The number of benzene rings is 2. The summed E-state index contributed by atoms with van der Waals surface area (Å²) >= 11 is 13.3. The predicted molar refractivity (Wildman–Crippen MR) is 117 cm³/mol. The first kappa shape index (κ1) is 20.7. The maximum Gasteiger partial charge on any atom is 0.238 e. The summed E-state index contributed by atoms with van der Waals surface area (Å²) in [5.41, 5.74) is 2.20. The number of halogens is 2. The number of nitrogens with one attached hydrogen (secondary N) is 1. The third-order valence-electron chi connectivity index (χ3n) is 4.24. The van der Waals surface area contributed by atoms with Crippen LogP contribution in [0.1, 0.15) is 18.9 Å². The molecule has 0 aromatic heterocycles. The summed E-state index contributed by atoms with van der Waals surface area (Å²) in [5, 5.41) is 3.96. The van der Waals surface area contributed by atoms with E-state index in [4.69, 9.17) is 23.2 Å². The van der Waals surface area contributed by atoms with E-state index in [1.807, 2.05) is 19.9 Å². The van der Waals surface area contributed by atoms with Crippen molar-refractivity contribution in [3.05, 3.63) is 58.1 Å². The molecule has 8 heteroatoms. The van der Waals surface area contributed by atoms with Gasteiger partial charge in [0.2, 0.25) is 11.8 Å². The molecule has 2 aromatic carbocycles. The molecule has 1 aliphatic heterocycles. The Morgan fingerprint density at radius 1 is 1.25 bits per heavy atom. The minimum Gasteiger partial charge on any atom is -0.325 e. The van der Waals surface area contributed by atoms with E-state index in [0.717, 1.165) is 5.56 Å². The fourth-order valence-electron chi connectivity index (χ4n) is 2.67. The molecule has 1 fully saturated rings. The van der Waals surface area contributed by atoms with Gasteiger partial charge in [-0.3, -0.25) is 14.5 Å². The Hall–Kier alpha value is -2.02. The van der Waals surface area contributed by atoms with E-state index < -0.39 is 5.25 Å². The lowest BCUT2D eigenvalue weighted by Crippen LogP contribution is -2.45. The zero-order valence-electron chi connectivity index (χ0n) is 15.4. The number of carbonyl (C=O) groups excluding carboxylic acids is 2. The van der Waals surface area contributed by atoms with Crippen LogP contribution in [0.25, 0.3) is 0 Å². The number of amides is 2. The van der Waals surface area contributed by atoms with Crippen molar-refractivity contribution < 1.29 is 9.59 Å². The van der Waals surface area contributed by atoms with Gasteiger partial charge in [0.15, 0.2) is 5.17 Å². The van der Waals surface area contributed by atoms with Gasteiger partial charge in [0.25, 0.3) is 0 Å². The first-order valence-corrected chi connectivity index (χ1v) is 10.4. The van der Waals surface area contributed by atoms with Crippen molar-refractivity contribution >= 4 is 63.3 Å². The van der Waals surface area contributed by atoms with Crippen molar-refractivity contribution in [2.75, 3.05) is 11.9 Å². The van der Waals surface area contributed by atoms with Crippen molar-refractivity contribution in [3.63, 3.8) is 0 Å². The summed E-state index contributed by atoms with van der Waals surface area (Å²) in [6, 6.07) is 12.3. The number of aliphatic imine (C=N–C) groups is 1. The van der Waals surface area contributed by atoms with Crippen LogP contribution in [0.15, 0.2) is 47.5 Å². The fraction of sp³-hybridized carbons (Fsp3) is 0.250. The monoisotopic (exact) mass is 435 g/mol. The Morgan fingerprint density at radius 3 is 2.61 bits per heavy atom. The number of thioether (sulfide) groups is 1. The largest absolute Gasteiger partial charge is 0.325 e. The summed E-state index contributed by atoms with van der Waals surface area (Å²) < 4.78 is 0. The van der Waals surface area contributed by atoms with E-state index >= 15 is 0 Å². The van der Waals surface area contributed by atoms with Crippen LogP contribution in [-0.2, 0) is 9.59 Å². The normalized spacial score (nSPS) is 18.4. The molecule has 0 radical (unpaired) electrons. The van der Waals surface area contributed by atoms with Crippen LogP contribution in [0.2, 0.25) is 10.0 Å². The second-order valence-electron chi connectivity index (χ2n) is 6.27. The second kappa shape index (κ2) is 8.99. The molecule has 0 aliphatic carbocycles. The van der Waals surface area contributed by atoms with Gasteiger partial charge in [-0.05, 0) is 55.8 Å². The molecule has 0 spiro atoms. The van der Waals surface area contributed by atoms with Gasteiger partial charge in [0, 0.05) is 28.7 Å². The van der Waals surface area contributed by atoms with Crippen molar-refractivity contribution in [2.45, 2.75) is 25.5 Å². The molecule has 146 valence electrons. The smallest absolute Gasteiger partial charge is 0.238 e. The number of amidine groups is 1. The highest BCUT2D eigenvalue weighted by molar-refractivity contribution is 8.15. The summed E-state index contributed by atoms with van der Waals surface area (Å²) in [6.45, 7) is 4.26. The minimum absolute atomic E-state index is 0.115. The second-order valence-corrected chi connectivity index (χ2v) is 8.29. The van der Waals surface area contributed by atoms with Crippen LogP contribution in [0.3, 0.4) is 0 Å². The first-order chi connectivity index (χ1) is 13.4. The molecule has 1 heterocycles. The molecule has 1 aliphatic rings. The minimum atomic E-state index is -0.568. The van der Waals surface area contributed by atoms with Crippen LogP contribution in [0, 0.1) is 6.92 Å². The molecular formula is C20H19Cl2N3O2S. The molecule has 0 bridgehead atoms. The van der Waals surface area contributed by atoms with Crippen LogP contribution < -0.4 is 5.32 Å². The van der Waals surface area contributed by atoms with Crippen LogP contribution in [0.4, 0.5) is 11.4 Å². The van der Waals surface area contributed by atoms with Crippen LogP contribution >= 0.6 is 35.0 Å². The number of hydrogen-bond acceptors (Lipinski definition) is 4. The highest BCUT2D eigenvalue weighted by Crippen LogP contribution is 2.30. The zero-order chi connectivity index (χ0) is 20.3. The van der Waals surface area contributed by atoms with E-state index in [0.29, 0.717) is 33.1 Å². The number of carbonyl (C=O) groups is 2. The van der Waals surface area contributed by atoms with Crippen molar-refractivity contribution in [1.82, 2.24) is 4.90 Å². The highest BCUT2D eigenvalue weighted by atomic mass is 35.5. The molecule has 1 unspecified atom stereocenters. The van der Waals surface area contributed by atoms with Gasteiger partial charge in [-0.15, -0.1) is 0 Å². The van der Waals surface area contributed by atoms with Crippen LogP contribution in [-0.4, -0.2) is 33.7 Å². The molecule has 0 saturated carbocycles. The van der Waals surface area contributed by atoms with Crippen molar-refractivity contribution in [2.24, 2.45) is 4.99 Å². The van der Waals surface area contributed by atoms with E-state index in [9.17, 15) is 9.59 Å². The van der Waals surface area contributed by atoms with Gasteiger partial charge in [-0.1, -0.05) is 41.0 Å². The van der Waals surface area contributed by atoms with Crippen LogP contribution in [0.5, 0.6) is 0 Å². The molecule has 5 nitrogen and oxygen atoms in total. The predicted octanol–water partition coefficient (Wildman–Crippen LogP) is 5.28. The molecule has 2 aromatic rings. The quantitative estimate of drug-likeness (QED) is 0.709. The third kappa shape index (κ3) is 4.87. The lowest BCUT2D eigenvalue weighted by molar-refractivity contribution is -0.129. The van der Waals surface area contributed by atoms with Crippen molar-refractivity contribution in [3.8, 4) is 0 Å². The molecular weight excluding hydrogens is 417 g/mol. The Bertz CT molecular complexity index is 932. The number of rotatable bonds is 4. The van der Waals surface area contributed by atoms with E-state index in [1.54, 1.807) is 41.3 Å². The Labute approximate surface area is 178 Å². The maximum absolute atomic E-state index is 12.7. The maximum atomic E-state index is 12.7. The standard InChI is InChI=1S/C20H19Cl2N3O2S/c1-3-25-18(26)11-17(19(27)23-15-7-4-12(2)16(22)10-15)28-20(25)24-14-8-5-13(21)6-9-14/h4-10,17H,3,11H2,1-2H3,(H,23,27). The highest BCUT2D eigenvalue weighted by Gasteiger charge is 2.35. The Morgan fingerprint density at radius 2 is 1.96 bits per heavy atom. The van der Waals surface area contributed by atoms with Gasteiger partial charge >= 0.3 is 0 Å². The average molecular weight is 436 g/mol.